The molecule has 0 aliphatic heterocycles. The maximum atomic E-state index is 4.70. The van der Waals surface area contributed by atoms with Crippen LogP contribution in [0.15, 0.2) is 52.3 Å². The van der Waals surface area contributed by atoms with E-state index in [1.165, 1.54) is 16.7 Å². The zero-order valence-corrected chi connectivity index (χ0v) is 16.4. The highest BCUT2D eigenvalue weighted by molar-refractivity contribution is 9.10. The third kappa shape index (κ3) is 3.97. The molecule has 1 aromatic heterocycles. The summed E-state index contributed by atoms with van der Waals surface area (Å²) in [6.45, 7) is 4.23. The summed E-state index contributed by atoms with van der Waals surface area (Å²) < 4.78 is 1.07. The number of aromatic nitrogens is 1. The van der Waals surface area contributed by atoms with E-state index in [9.17, 15) is 0 Å². The Labute approximate surface area is 153 Å². The van der Waals surface area contributed by atoms with Crippen molar-refractivity contribution in [3.8, 4) is 11.3 Å². The molecule has 0 saturated heterocycles. The van der Waals surface area contributed by atoms with Gasteiger partial charge in [0.2, 0.25) is 0 Å². The second kappa shape index (κ2) is 7.40. The minimum atomic E-state index is 0. The number of nitrogens with one attached hydrogen (secondary N) is 1. The summed E-state index contributed by atoms with van der Waals surface area (Å²) in [5.41, 5.74) is 5.78. The molecule has 3 rings (SSSR count). The molecule has 0 spiro atoms. The topological polar surface area (TPSA) is 24.9 Å². The molecule has 114 valence electrons. The molecule has 5 heteroatoms. The molecule has 2 aromatic carbocycles. The molecule has 0 fully saturated rings. The van der Waals surface area contributed by atoms with Crippen LogP contribution in [0.3, 0.4) is 0 Å². The van der Waals surface area contributed by atoms with E-state index in [2.05, 4.69) is 58.7 Å². The van der Waals surface area contributed by atoms with E-state index in [1.54, 1.807) is 11.3 Å². The van der Waals surface area contributed by atoms with E-state index in [4.69, 9.17) is 4.98 Å². The van der Waals surface area contributed by atoms with Gasteiger partial charge in [0.05, 0.1) is 5.69 Å². The highest BCUT2D eigenvalue weighted by Gasteiger charge is 2.07. The Bertz CT molecular complexity index is 767. The van der Waals surface area contributed by atoms with Gasteiger partial charge < -0.3 is 5.32 Å². The van der Waals surface area contributed by atoms with Gasteiger partial charge in [-0.05, 0) is 49.7 Å². The highest BCUT2D eigenvalue weighted by Crippen LogP contribution is 2.30. The number of anilines is 2. The Morgan fingerprint density at radius 1 is 1.05 bits per heavy atom. The van der Waals surface area contributed by atoms with E-state index in [0.717, 1.165) is 21.0 Å². The van der Waals surface area contributed by atoms with Gasteiger partial charge in [0.1, 0.15) is 0 Å². The Kier molecular flexibility index (Phi) is 5.78. The Morgan fingerprint density at radius 3 is 2.50 bits per heavy atom. The average Bonchev–Trinajstić information content (AvgIpc) is 2.92. The van der Waals surface area contributed by atoms with E-state index >= 15 is 0 Å². The van der Waals surface area contributed by atoms with Crippen LogP contribution in [-0.4, -0.2) is 4.98 Å². The van der Waals surface area contributed by atoms with Crippen molar-refractivity contribution in [1.82, 2.24) is 4.98 Å². The zero-order valence-electron chi connectivity index (χ0n) is 12.3. The number of benzene rings is 2. The molecule has 0 saturated carbocycles. The maximum absolute atomic E-state index is 4.70. The minimum Gasteiger partial charge on any atom is -0.332 e. The predicted molar refractivity (Wildman–Crippen MR) is 105 cm³/mol. The fourth-order valence-electron chi connectivity index (χ4n) is 2.12. The largest absolute Gasteiger partial charge is 0.332 e. The van der Waals surface area contributed by atoms with Gasteiger partial charge in [0, 0.05) is 21.1 Å². The monoisotopic (exact) mass is 438 g/mol. The number of nitrogens with zero attached hydrogens (tertiary/aromatic N) is 1. The summed E-state index contributed by atoms with van der Waals surface area (Å²) in [6, 6.07) is 14.6. The molecule has 0 unspecified atom stereocenters. The second-order valence-corrected chi connectivity index (χ2v) is 6.76. The highest BCUT2D eigenvalue weighted by atomic mass is 79.9. The molecule has 0 amide bonds. The molecule has 1 N–H and O–H groups in total. The molecule has 3 aromatic rings. The van der Waals surface area contributed by atoms with Crippen LogP contribution in [0.2, 0.25) is 0 Å². The molecule has 22 heavy (non-hydrogen) atoms. The molecule has 1 heterocycles. The van der Waals surface area contributed by atoms with Crippen molar-refractivity contribution in [3.63, 3.8) is 0 Å². The van der Waals surface area contributed by atoms with E-state index in [0.29, 0.717) is 0 Å². The standard InChI is InChI=1S/C17H15BrN2S.BrH/c1-11-3-4-12(2)15(9-11)16-10-21-17(20-16)19-14-7-5-13(18)6-8-14;/h3-10H,1-2H3,(H,19,20);1H. The van der Waals surface area contributed by atoms with E-state index in [1.807, 2.05) is 24.3 Å². The van der Waals surface area contributed by atoms with Crippen LogP contribution >= 0.6 is 44.2 Å². The summed E-state index contributed by atoms with van der Waals surface area (Å²) in [6.07, 6.45) is 0. The fourth-order valence-corrected chi connectivity index (χ4v) is 3.12. The number of thiazole rings is 1. The van der Waals surface area contributed by atoms with Gasteiger partial charge in [-0.3, -0.25) is 0 Å². The molecular weight excluding hydrogens is 424 g/mol. The first-order valence-electron chi connectivity index (χ1n) is 6.67. The smallest absolute Gasteiger partial charge is 0.187 e. The number of halogens is 2. The van der Waals surface area contributed by atoms with Gasteiger partial charge in [-0.25, -0.2) is 4.98 Å². The molecule has 0 bridgehead atoms. The number of hydrogen-bond acceptors (Lipinski definition) is 3. The van der Waals surface area contributed by atoms with Gasteiger partial charge in [-0.15, -0.1) is 28.3 Å². The number of rotatable bonds is 3. The summed E-state index contributed by atoms with van der Waals surface area (Å²) in [5, 5.41) is 6.35. The number of aryl methyl sites for hydroxylation is 2. The van der Waals surface area contributed by atoms with Crippen LogP contribution in [0.1, 0.15) is 11.1 Å². The molecule has 0 radical (unpaired) electrons. The average molecular weight is 440 g/mol. The van der Waals surface area contributed by atoms with Gasteiger partial charge >= 0.3 is 0 Å². The second-order valence-electron chi connectivity index (χ2n) is 4.99. The first-order chi connectivity index (χ1) is 10.1. The molecular formula is C17H16Br2N2S. The first-order valence-corrected chi connectivity index (χ1v) is 8.35. The lowest BCUT2D eigenvalue weighted by atomic mass is 10.0. The van der Waals surface area contributed by atoms with Crippen molar-refractivity contribution in [2.75, 3.05) is 5.32 Å². The molecule has 0 aliphatic carbocycles. The van der Waals surface area contributed by atoms with E-state index in [-0.39, 0.29) is 17.0 Å². The van der Waals surface area contributed by atoms with Gasteiger partial charge in [-0.2, -0.15) is 0 Å². The van der Waals surface area contributed by atoms with Crippen LogP contribution in [0, 0.1) is 13.8 Å². The molecule has 0 aliphatic rings. The summed E-state index contributed by atoms with van der Waals surface area (Å²) >= 11 is 5.06. The van der Waals surface area contributed by atoms with Crippen LogP contribution in [-0.2, 0) is 0 Å². The summed E-state index contributed by atoms with van der Waals surface area (Å²) in [5.74, 6) is 0. The third-order valence-electron chi connectivity index (χ3n) is 3.27. The van der Waals surface area contributed by atoms with Crippen molar-refractivity contribution >= 4 is 55.1 Å². The van der Waals surface area contributed by atoms with Gasteiger partial charge in [0.25, 0.3) is 0 Å². The van der Waals surface area contributed by atoms with Crippen molar-refractivity contribution in [1.29, 1.82) is 0 Å². The van der Waals surface area contributed by atoms with Gasteiger partial charge in [0.15, 0.2) is 5.13 Å². The van der Waals surface area contributed by atoms with Crippen LogP contribution in [0.25, 0.3) is 11.3 Å². The zero-order chi connectivity index (χ0) is 14.8. The van der Waals surface area contributed by atoms with E-state index < -0.39 is 0 Å². The SMILES string of the molecule is Br.Cc1ccc(C)c(-c2csc(Nc3ccc(Br)cc3)n2)c1. The normalized spacial score (nSPS) is 10.1. The van der Waals surface area contributed by atoms with Gasteiger partial charge in [-0.1, -0.05) is 33.6 Å². The van der Waals surface area contributed by atoms with Crippen LogP contribution in [0.5, 0.6) is 0 Å². The summed E-state index contributed by atoms with van der Waals surface area (Å²) in [7, 11) is 0. The van der Waals surface area contributed by atoms with Crippen LogP contribution in [0.4, 0.5) is 10.8 Å². The number of hydrogen-bond donors (Lipinski definition) is 1. The van der Waals surface area contributed by atoms with Crippen LogP contribution < -0.4 is 5.32 Å². The van der Waals surface area contributed by atoms with Crippen molar-refractivity contribution in [2.24, 2.45) is 0 Å². The van der Waals surface area contributed by atoms with Crippen molar-refractivity contribution < 1.29 is 0 Å². The Balaban J connectivity index is 0.00000176. The quantitative estimate of drug-likeness (QED) is 0.502. The fraction of sp³-hybridized carbons (Fsp3) is 0.118. The minimum absolute atomic E-state index is 0. The lowest BCUT2D eigenvalue weighted by Crippen LogP contribution is -1.90. The predicted octanol–water partition coefficient (Wildman–Crippen LogP) is 6.51. The third-order valence-corrected chi connectivity index (χ3v) is 4.56. The van der Waals surface area contributed by atoms with Crippen molar-refractivity contribution in [2.45, 2.75) is 13.8 Å². The lowest BCUT2D eigenvalue weighted by Gasteiger charge is -2.04. The lowest BCUT2D eigenvalue weighted by molar-refractivity contribution is 1.33. The summed E-state index contributed by atoms with van der Waals surface area (Å²) in [4.78, 5) is 4.70. The Morgan fingerprint density at radius 2 is 1.77 bits per heavy atom. The molecule has 0 atom stereocenters. The molecule has 2 nitrogen and oxygen atoms in total. The Hall–Kier alpha value is -1.17. The maximum Gasteiger partial charge on any atom is 0.187 e. The van der Waals surface area contributed by atoms with Crippen molar-refractivity contribution in [3.05, 3.63) is 63.4 Å². The first kappa shape index (κ1) is 17.2.